The molecule has 2 aliphatic heterocycles. The molecule has 1 aromatic rings. The highest BCUT2D eigenvalue weighted by atomic mass is 16.6. The number of ether oxygens (including phenoxy) is 3. The molecule has 2 aliphatic rings. The second-order valence-electron chi connectivity index (χ2n) is 4.59. The van der Waals surface area contributed by atoms with E-state index in [2.05, 4.69) is 13.8 Å². The van der Waals surface area contributed by atoms with Gasteiger partial charge in [0.2, 0.25) is 0 Å². The van der Waals surface area contributed by atoms with Crippen LogP contribution in [0.3, 0.4) is 0 Å². The minimum Gasteiger partial charge on any atom is -0.497 e. The summed E-state index contributed by atoms with van der Waals surface area (Å²) in [5.74, 6) is 1.77. The summed E-state index contributed by atoms with van der Waals surface area (Å²) in [6.45, 7) is 4.12. The maximum Gasteiger partial charge on any atom is 0.132 e. The van der Waals surface area contributed by atoms with Gasteiger partial charge in [-0.1, -0.05) is 0 Å². The predicted molar refractivity (Wildman–Crippen MR) is 55.3 cm³/mol. The fourth-order valence-corrected chi connectivity index (χ4v) is 2.19. The molecule has 0 aliphatic carbocycles. The molecule has 0 amide bonds. The molecule has 1 saturated heterocycles. The summed E-state index contributed by atoms with van der Waals surface area (Å²) in [4.78, 5) is 0. The normalized spacial score (nSPS) is 29.8. The van der Waals surface area contributed by atoms with Crippen molar-refractivity contribution in [1.82, 2.24) is 0 Å². The summed E-state index contributed by atoms with van der Waals surface area (Å²) in [6.07, 6.45) is 0.385. The summed E-state index contributed by atoms with van der Waals surface area (Å²) in [5, 5.41) is 0. The number of hydrogen-bond donors (Lipinski definition) is 0. The zero-order chi connectivity index (χ0) is 10.6. The number of benzene rings is 1. The van der Waals surface area contributed by atoms with Gasteiger partial charge in [0.1, 0.15) is 29.3 Å². The molecule has 80 valence electrons. The van der Waals surface area contributed by atoms with Crippen molar-refractivity contribution >= 4 is 0 Å². The molecule has 0 bridgehead atoms. The quantitative estimate of drug-likeness (QED) is 0.661. The molecule has 2 heterocycles. The topological polar surface area (TPSA) is 31.0 Å². The molecule has 3 nitrogen and oxygen atoms in total. The number of rotatable bonds is 1. The zero-order valence-corrected chi connectivity index (χ0v) is 9.11. The highest BCUT2D eigenvalue weighted by Crippen LogP contribution is 2.54. The summed E-state index contributed by atoms with van der Waals surface area (Å²) >= 11 is 0. The minimum absolute atomic E-state index is 0.192. The van der Waals surface area contributed by atoms with Gasteiger partial charge in [0.25, 0.3) is 0 Å². The molecule has 3 rings (SSSR count). The van der Waals surface area contributed by atoms with E-state index in [0.717, 1.165) is 17.1 Å². The lowest BCUT2D eigenvalue weighted by atomic mass is 9.94. The lowest BCUT2D eigenvalue weighted by Gasteiger charge is -2.29. The first-order valence-electron chi connectivity index (χ1n) is 5.14. The molecule has 1 aromatic carbocycles. The minimum atomic E-state index is -0.216. The summed E-state index contributed by atoms with van der Waals surface area (Å²) in [7, 11) is 1.67. The van der Waals surface area contributed by atoms with Crippen LogP contribution in [0.5, 0.6) is 11.5 Å². The Kier molecular flexibility index (Phi) is 1.61. The molecule has 0 radical (unpaired) electrons. The van der Waals surface area contributed by atoms with Crippen LogP contribution >= 0.6 is 0 Å². The molecule has 0 spiro atoms. The van der Waals surface area contributed by atoms with Gasteiger partial charge in [-0.15, -0.1) is 0 Å². The lowest BCUT2D eigenvalue weighted by Crippen LogP contribution is -2.37. The van der Waals surface area contributed by atoms with Crippen LogP contribution < -0.4 is 9.47 Å². The van der Waals surface area contributed by atoms with Gasteiger partial charge in [0.05, 0.1) is 7.11 Å². The average Bonchev–Trinajstić information content (AvgIpc) is 2.97. The van der Waals surface area contributed by atoms with Gasteiger partial charge in [0.15, 0.2) is 0 Å². The lowest BCUT2D eigenvalue weighted by molar-refractivity contribution is 0.0724. The largest absolute Gasteiger partial charge is 0.497 e. The number of epoxide rings is 1. The molecule has 0 aromatic heterocycles. The fraction of sp³-hybridized carbons (Fsp3) is 0.500. The van der Waals surface area contributed by atoms with E-state index in [-0.39, 0.29) is 17.8 Å². The van der Waals surface area contributed by atoms with Gasteiger partial charge < -0.3 is 14.2 Å². The Morgan fingerprint density at radius 1 is 1.33 bits per heavy atom. The summed E-state index contributed by atoms with van der Waals surface area (Å²) < 4.78 is 16.7. The smallest absolute Gasteiger partial charge is 0.132 e. The van der Waals surface area contributed by atoms with Crippen molar-refractivity contribution in [3.05, 3.63) is 23.8 Å². The van der Waals surface area contributed by atoms with Gasteiger partial charge in [0, 0.05) is 5.56 Å². The Labute approximate surface area is 89.0 Å². The van der Waals surface area contributed by atoms with E-state index < -0.39 is 0 Å². The van der Waals surface area contributed by atoms with Crippen LogP contribution in [0.4, 0.5) is 0 Å². The van der Waals surface area contributed by atoms with Gasteiger partial charge in [-0.2, -0.15) is 0 Å². The van der Waals surface area contributed by atoms with Crippen molar-refractivity contribution in [3.8, 4) is 11.5 Å². The molecule has 0 saturated carbocycles. The Morgan fingerprint density at radius 2 is 2.13 bits per heavy atom. The van der Waals surface area contributed by atoms with E-state index in [1.54, 1.807) is 7.11 Å². The van der Waals surface area contributed by atoms with E-state index >= 15 is 0 Å². The molecule has 3 heteroatoms. The first kappa shape index (κ1) is 9.04. The Morgan fingerprint density at radius 3 is 2.87 bits per heavy atom. The van der Waals surface area contributed by atoms with Gasteiger partial charge in [-0.3, -0.25) is 0 Å². The maximum atomic E-state index is 5.89. The van der Waals surface area contributed by atoms with Crippen molar-refractivity contribution in [3.63, 3.8) is 0 Å². The van der Waals surface area contributed by atoms with Crippen LogP contribution in [0.15, 0.2) is 18.2 Å². The Balaban J connectivity index is 2.05. The molecule has 1 fully saturated rings. The second kappa shape index (κ2) is 2.67. The van der Waals surface area contributed by atoms with E-state index in [9.17, 15) is 0 Å². The number of methoxy groups -OCH3 is 1. The number of fused-ring (bicyclic) bond motifs is 3. The SMILES string of the molecule is COc1ccc2c(c1)C1OC1C(C)(C)O2. The van der Waals surface area contributed by atoms with Crippen molar-refractivity contribution in [2.45, 2.75) is 31.7 Å². The van der Waals surface area contributed by atoms with Crippen LogP contribution in [0, 0.1) is 0 Å². The maximum absolute atomic E-state index is 5.89. The standard InChI is InChI=1S/C12H14O3/c1-12(2)11-10(14-11)8-6-7(13-3)4-5-9(8)15-12/h4-6,10-11H,1-3H3. The van der Waals surface area contributed by atoms with E-state index in [1.165, 1.54) is 0 Å². The summed E-state index contributed by atoms with van der Waals surface area (Å²) in [6, 6.07) is 5.86. The van der Waals surface area contributed by atoms with Crippen LogP contribution in [0.25, 0.3) is 0 Å². The molecule has 2 unspecified atom stereocenters. The first-order valence-corrected chi connectivity index (χ1v) is 5.14. The monoisotopic (exact) mass is 206 g/mol. The van der Waals surface area contributed by atoms with Crippen LogP contribution in [-0.4, -0.2) is 18.8 Å². The van der Waals surface area contributed by atoms with Crippen molar-refractivity contribution < 1.29 is 14.2 Å². The molecule has 0 N–H and O–H groups in total. The van der Waals surface area contributed by atoms with Crippen molar-refractivity contribution in [2.75, 3.05) is 7.11 Å². The number of hydrogen-bond acceptors (Lipinski definition) is 3. The van der Waals surface area contributed by atoms with Gasteiger partial charge in [-0.25, -0.2) is 0 Å². The first-order chi connectivity index (χ1) is 7.12. The average molecular weight is 206 g/mol. The van der Waals surface area contributed by atoms with Gasteiger partial charge >= 0.3 is 0 Å². The molecular formula is C12H14O3. The fourth-order valence-electron chi connectivity index (χ4n) is 2.19. The highest BCUT2D eigenvalue weighted by molar-refractivity contribution is 5.46. The van der Waals surface area contributed by atoms with Crippen LogP contribution in [0.2, 0.25) is 0 Å². The third-order valence-corrected chi connectivity index (χ3v) is 3.07. The molecule has 2 atom stereocenters. The van der Waals surface area contributed by atoms with E-state index in [0.29, 0.717) is 0 Å². The Bertz CT molecular complexity index is 411. The molecular weight excluding hydrogens is 192 g/mol. The van der Waals surface area contributed by atoms with Crippen molar-refractivity contribution in [2.24, 2.45) is 0 Å². The van der Waals surface area contributed by atoms with Crippen LogP contribution in [-0.2, 0) is 4.74 Å². The second-order valence-corrected chi connectivity index (χ2v) is 4.59. The van der Waals surface area contributed by atoms with Crippen molar-refractivity contribution in [1.29, 1.82) is 0 Å². The Hall–Kier alpha value is -1.22. The van der Waals surface area contributed by atoms with Gasteiger partial charge in [-0.05, 0) is 32.0 Å². The third kappa shape index (κ3) is 1.23. The summed E-state index contributed by atoms with van der Waals surface area (Å²) in [5.41, 5.74) is 0.894. The van der Waals surface area contributed by atoms with E-state index in [4.69, 9.17) is 14.2 Å². The third-order valence-electron chi connectivity index (χ3n) is 3.07. The molecule has 15 heavy (non-hydrogen) atoms. The zero-order valence-electron chi connectivity index (χ0n) is 9.11. The van der Waals surface area contributed by atoms with Crippen LogP contribution in [0.1, 0.15) is 25.5 Å². The highest BCUT2D eigenvalue weighted by Gasteiger charge is 2.56. The predicted octanol–water partition coefficient (Wildman–Crippen LogP) is 2.31. The van der Waals surface area contributed by atoms with E-state index in [1.807, 2.05) is 18.2 Å².